The maximum Gasteiger partial charge on any atom is 0.242 e. The molecule has 168 valence electrons. The highest BCUT2D eigenvalue weighted by atomic mass is 79.9. The van der Waals surface area contributed by atoms with E-state index in [0.717, 1.165) is 52.4 Å². The number of piperazine rings is 1. The van der Waals surface area contributed by atoms with Gasteiger partial charge in [-0.3, -0.25) is 14.5 Å². The molecule has 1 aromatic carbocycles. The first-order chi connectivity index (χ1) is 14.9. The standard InChI is InChI=1S/C24H31BrClN3O2/c25-21-2-1-20(26)9-19(21)15-28-3-5-29(6-4-28)23(31)14-27-22(30)13-24-10-16-7-17(11-24)18(8-16)12-24/h1-2,9,16-18H,3-8,10-15H2,(H,27,30). The third-order valence-corrected chi connectivity index (χ3v) is 9.16. The Morgan fingerprint density at radius 1 is 1.10 bits per heavy atom. The molecule has 2 amide bonds. The van der Waals surface area contributed by atoms with Gasteiger partial charge < -0.3 is 10.2 Å². The molecule has 5 aliphatic rings. The first kappa shape index (κ1) is 21.7. The van der Waals surface area contributed by atoms with E-state index in [2.05, 4.69) is 26.1 Å². The number of carbonyl (C=O) groups excluding carboxylic acids is 2. The van der Waals surface area contributed by atoms with Gasteiger partial charge in [-0.1, -0.05) is 27.5 Å². The number of nitrogens with zero attached hydrogens (tertiary/aromatic N) is 2. The lowest BCUT2D eigenvalue weighted by Gasteiger charge is -2.38. The van der Waals surface area contributed by atoms with Crippen LogP contribution in [0.4, 0.5) is 0 Å². The monoisotopic (exact) mass is 507 g/mol. The number of hydrogen-bond donors (Lipinski definition) is 1. The SMILES string of the molecule is O=C(CC12CC3CC(C1)C(C3)C2)NCC(=O)N1CCN(Cc2cc(Cl)ccc2Br)CC1. The third kappa shape index (κ3) is 4.67. The van der Waals surface area contributed by atoms with Crippen molar-refractivity contribution in [1.29, 1.82) is 0 Å². The highest BCUT2D eigenvalue weighted by molar-refractivity contribution is 9.10. The largest absolute Gasteiger partial charge is 0.347 e. The predicted octanol–water partition coefficient (Wildman–Crippen LogP) is 4.08. The number of benzene rings is 1. The van der Waals surface area contributed by atoms with Gasteiger partial charge in [0.05, 0.1) is 6.54 Å². The number of carbonyl (C=O) groups is 2. The number of hydrogen-bond acceptors (Lipinski definition) is 3. The van der Waals surface area contributed by atoms with Gasteiger partial charge in [-0.15, -0.1) is 0 Å². The van der Waals surface area contributed by atoms with Crippen LogP contribution in [0.5, 0.6) is 0 Å². The van der Waals surface area contributed by atoms with Gasteiger partial charge in [-0.25, -0.2) is 0 Å². The lowest BCUT2D eigenvalue weighted by atomic mass is 9.67. The zero-order chi connectivity index (χ0) is 21.6. The fourth-order valence-electron chi connectivity index (χ4n) is 6.95. The van der Waals surface area contributed by atoms with Crippen molar-refractivity contribution in [3.8, 4) is 0 Å². The van der Waals surface area contributed by atoms with Crippen LogP contribution >= 0.6 is 27.5 Å². The predicted molar refractivity (Wildman–Crippen MR) is 125 cm³/mol. The van der Waals surface area contributed by atoms with Crippen LogP contribution in [0.25, 0.3) is 0 Å². The second-order valence-corrected chi connectivity index (χ2v) is 11.6. The number of amides is 2. The molecule has 0 aromatic heterocycles. The Labute approximate surface area is 198 Å². The molecule has 1 heterocycles. The molecule has 1 N–H and O–H groups in total. The fourth-order valence-corrected chi connectivity index (χ4v) is 7.51. The van der Waals surface area contributed by atoms with Crippen LogP contribution in [0, 0.1) is 23.2 Å². The third-order valence-electron chi connectivity index (χ3n) is 8.15. The molecule has 1 aromatic rings. The molecule has 2 unspecified atom stereocenters. The average Bonchev–Trinajstić information content (AvgIpc) is 3.15. The fraction of sp³-hybridized carbons (Fsp3) is 0.667. The molecule has 6 rings (SSSR count). The Kier molecular flexibility index (Phi) is 6.08. The van der Waals surface area contributed by atoms with E-state index in [-0.39, 0.29) is 23.8 Å². The van der Waals surface area contributed by atoms with Crippen LogP contribution in [-0.2, 0) is 16.1 Å². The van der Waals surface area contributed by atoms with Crippen LogP contribution < -0.4 is 5.32 Å². The average molecular weight is 509 g/mol. The van der Waals surface area contributed by atoms with E-state index in [4.69, 9.17) is 11.6 Å². The molecule has 31 heavy (non-hydrogen) atoms. The van der Waals surface area contributed by atoms with Crippen LogP contribution in [0.15, 0.2) is 22.7 Å². The second-order valence-electron chi connectivity index (χ2n) is 10.3. The highest BCUT2D eigenvalue weighted by Crippen LogP contribution is 2.65. The smallest absolute Gasteiger partial charge is 0.242 e. The lowest BCUT2D eigenvalue weighted by molar-refractivity contribution is -0.135. The first-order valence-electron chi connectivity index (χ1n) is 11.6. The van der Waals surface area contributed by atoms with E-state index in [0.29, 0.717) is 19.5 Å². The Morgan fingerprint density at radius 2 is 1.81 bits per heavy atom. The van der Waals surface area contributed by atoms with Gasteiger partial charge in [0.15, 0.2) is 0 Å². The minimum atomic E-state index is 0.0326. The van der Waals surface area contributed by atoms with Crippen molar-refractivity contribution < 1.29 is 9.59 Å². The summed E-state index contributed by atoms with van der Waals surface area (Å²) < 4.78 is 1.06. The molecule has 5 fully saturated rings. The summed E-state index contributed by atoms with van der Waals surface area (Å²) in [4.78, 5) is 29.5. The van der Waals surface area contributed by atoms with Gasteiger partial charge in [-0.05, 0) is 79.0 Å². The zero-order valence-electron chi connectivity index (χ0n) is 17.9. The number of nitrogens with one attached hydrogen (secondary N) is 1. The molecule has 5 nitrogen and oxygen atoms in total. The first-order valence-corrected chi connectivity index (χ1v) is 12.8. The normalized spacial score (nSPS) is 31.9. The summed E-state index contributed by atoms with van der Waals surface area (Å²) in [6.45, 7) is 3.98. The second kappa shape index (κ2) is 8.68. The van der Waals surface area contributed by atoms with Gasteiger partial charge in [-0.2, -0.15) is 0 Å². The van der Waals surface area contributed by atoms with Crippen molar-refractivity contribution in [3.05, 3.63) is 33.3 Å². The van der Waals surface area contributed by atoms with Crippen LogP contribution in [0.3, 0.4) is 0 Å². The molecule has 0 spiro atoms. The Morgan fingerprint density at radius 3 is 2.48 bits per heavy atom. The summed E-state index contributed by atoms with van der Waals surface area (Å²) in [5, 5.41) is 3.67. The van der Waals surface area contributed by atoms with Gasteiger partial charge in [0.2, 0.25) is 11.8 Å². The molecule has 7 heteroatoms. The van der Waals surface area contributed by atoms with E-state index >= 15 is 0 Å². The van der Waals surface area contributed by atoms with Crippen molar-refractivity contribution in [2.24, 2.45) is 23.2 Å². The summed E-state index contributed by atoms with van der Waals surface area (Å²) in [6, 6.07) is 5.84. The molecule has 1 saturated heterocycles. The Bertz CT molecular complexity index is 851. The quantitative estimate of drug-likeness (QED) is 0.630. The minimum absolute atomic E-state index is 0.0326. The van der Waals surface area contributed by atoms with Gasteiger partial charge >= 0.3 is 0 Å². The van der Waals surface area contributed by atoms with Crippen LogP contribution in [0.2, 0.25) is 5.02 Å². The molecule has 4 aliphatic carbocycles. The maximum atomic E-state index is 12.6. The molecule has 4 bridgehead atoms. The molecular weight excluding hydrogens is 478 g/mol. The molecule has 1 aliphatic heterocycles. The van der Waals surface area contributed by atoms with E-state index in [1.54, 1.807) is 0 Å². The summed E-state index contributed by atoms with van der Waals surface area (Å²) >= 11 is 9.71. The highest BCUT2D eigenvalue weighted by Gasteiger charge is 2.56. The number of halogens is 2. The van der Waals surface area contributed by atoms with Gasteiger partial charge in [0, 0.05) is 48.6 Å². The summed E-state index contributed by atoms with van der Waals surface area (Å²) in [5.41, 5.74) is 1.40. The Hall–Kier alpha value is -1.11. The van der Waals surface area contributed by atoms with Gasteiger partial charge in [0.1, 0.15) is 0 Å². The molecule has 0 radical (unpaired) electrons. The molecular formula is C24H31BrClN3O2. The van der Waals surface area contributed by atoms with Crippen molar-refractivity contribution in [2.75, 3.05) is 32.7 Å². The Balaban J connectivity index is 1.05. The van der Waals surface area contributed by atoms with E-state index in [1.807, 2.05) is 23.1 Å². The van der Waals surface area contributed by atoms with Crippen LogP contribution in [-0.4, -0.2) is 54.3 Å². The van der Waals surface area contributed by atoms with Crippen molar-refractivity contribution in [1.82, 2.24) is 15.1 Å². The van der Waals surface area contributed by atoms with Gasteiger partial charge in [0.25, 0.3) is 0 Å². The molecule has 4 saturated carbocycles. The number of rotatable bonds is 6. The molecule has 2 atom stereocenters. The summed E-state index contributed by atoms with van der Waals surface area (Å²) in [7, 11) is 0. The summed E-state index contributed by atoms with van der Waals surface area (Å²) in [6.07, 6.45) is 7.11. The van der Waals surface area contributed by atoms with E-state index < -0.39 is 0 Å². The van der Waals surface area contributed by atoms with Crippen molar-refractivity contribution >= 4 is 39.3 Å². The minimum Gasteiger partial charge on any atom is -0.347 e. The lowest BCUT2D eigenvalue weighted by Crippen LogP contribution is -2.51. The van der Waals surface area contributed by atoms with Crippen LogP contribution in [0.1, 0.15) is 44.1 Å². The zero-order valence-corrected chi connectivity index (χ0v) is 20.3. The van der Waals surface area contributed by atoms with E-state index in [1.165, 1.54) is 32.1 Å². The summed E-state index contributed by atoms with van der Waals surface area (Å²) in [5.74, 6) is 2.70. The maximum absolute atomic E-state index is 12.6. The topological polar surface area (TPSA) is 52.7 Å². The van der Waals surface area contributed by atoms with Crippen molar-refractivity contribution in [2.45, 2.75) is 45.1 Å². The van der Waals surface area contributed by atoms with Crippen molar-refractivity contribution in [3.63, 3.8) is 0 Å². The van der Waals surface area contributed by atoms with E-state index in [9.17, 15) is 9.59 Å².